The number of carbonyl (C=O) groups excluding carboxylic acids is 1. The molecule has 132 valence electrons. The first kappa shape index (κ1) is 16.7. The zero-order valence-corrected chi connectivity index (χ0v) is 14.6. The van der Waals surface area contributed by atoms with E-state index in [1.165, 1.54) is 0 Å². The number of nitrogens with one attached hydrogen (secondary N) is 1. The molecule has 4 rings (SSSR count). The fourth-order valence-corrected chi connectivity index (χ4v) is 2.96. The highest BCUT2D eigenvalue weighted by atomic mass is 35.5. The molecule has 1 atom stereocenters. The van der Waals surface area contributed by atoms with Crippen molar-refractivity contribution in [2.45, 2.75) is 12.5 Å². The van der Waals surface area contributed by atoms with Crippen LogP contribution in [0.2, 0.25) is 5.02 Å². The molecule has 0 bridgehead atoms. The molecule has 8 heteroatoms. The summed E-state index contributed by atoms with van der Waals surface area (Å²) in [6.07, 6.45) is 3.28. The number of hydrogen-bond donors (Lipinski definition) is 1. The Morgan fingerprint density at radius 2 is 1.96 bits per heavy atom. The van der Waals surface area contributed by atoms with Crippen molar-refractivity contribution in [3.8, 4) is 11.4 Å². The van der Waals surface area contributed by atoms with Crippen LogP contribution in [0, 0.1) is 0 Å². The number of rotatable bonds is 4. The molecule has 3 aromatic rings. The number of aromatic nitrogens is 4. The van der Waals surface area contributed by atoms with Gasteiger partial charge in [-0.3, -0.25) is 14.7 Å². The Balaban J connectivity index is 1.51. The molecule has 1 saturated heterocycles. The normalized spacial score (nSPS) is 17.5. The molecule has 0 unspecified atom stereocenters. The summed E-state index contributed by atoms with van der Waals surface area (Å²) in [5.41, 5.74) is 1.82. The number of amides is 1. The summed E-state index contributed by atoms with van der Waals surface area (Å²) in [4.78, 5) is 22.8. The summed E-state index contributed by atoms with van der Waals surface area (Å²) < 4.78 is 5.67. The van der Waals surface area contributed by atoms with Crippen molar-refractivity contribution in [2.75, 3.05) is 18.1 Å². The van der Waals surface area contributed by atoms with Gasteiger partial charge in [-0.05, 0) is 29.8 Å². The fraction of sp³-hybridized carbons (Fsp3) is 0.222. The number of ether oxygens (including phenoxy) is 1. The molecule has 3 heterocycles. The number of carbonyl (C=O) groups is 1. The maximum Gasteiger partial charge on any atom is 0.258 e. The number of halogens is 1. The third-order valence-electron chi connectivity index (χ3n) is 4.18. The number of H-pyrrole nitrogens is 1. The van der Waals surface area contributed by atoms with Gasteiger partial charge < -0.3 is 4.74 Å². The number of anilines is 1. The quantitative estimate of drug-likeness (QED) is 0.763. The standard InChI is InChI=1S/C18H16ClN5O2/c19-14-3-1-12(2-4-14)11-15-17(25)24(9-10-26-15)18-21-16(22-23-18)13-5-7-20-8-6-13/h1-8,15H,9-11H2,(H,21,22,23)/t15-/m1/s1. The number of morpholine rings is 1. The first-order chi connectivity index (χ1) is 12.7. The molecular formula is C18H16ClN5O2. The van der Waals surface area contributed by atoms with Crippen molar-refractivity contribution in [3.05, 3.63) is 59.4 Å². The zero-order chi connectivity index (χ0) is 17.9. The second-order valence-electron chi connectivity index (χ2n) is 5.90. The minimum Gasteiger partial charge on any atom is -0.366 e. The molecule has 1 aliphatic rings. The summed E-state index contributed by atoms with van der Waals surface area (Å²) in [7, 11) is 0. The minimum absolute atomic E-state index is 0.136. The molecule has 1 aromatic carbocycles. The Morgan fingerprint density at radius 3 is 2.73 bits per heavy atom. The van der Waals surface area contributed by atoms with E-state index in [1.807, 2.05) is 24.3 Å². The SMILES string of the molecule is O=C1[C@@H](Cc2ccc(Cl)cc2)OCCN1c1nc(-c2ccncc2)n[nH]1. The molecule has 1 fully saturated rings. The first-order valence-corrected chi connectivity index (χ1v) is 8.59. The molecule has 0 saturated carbocycles. The van der Waals surface area contributed by atoms with Crippen LogP contribution in [0.15, 0.2) is 48.8 Å². The maximum absolute atomic E-state index is 12.8. The van der Waals surface area contributed by atoms with Gasteiger partial charge in [0.2, 0.25) is 5.95 Å². The fourth-order valence-electron chi connectivity index (χ4n) is 2.84. The average molecular weight is 370 g/mol. The van der Waals surface area contributed by atoms with Gasteiger partial charge in [-0.25, -0.2) is 5.10 Å². The van der Waals surface area contributed by atoms with Crippen molar-refractivity contribution in [3.63, 3.8) is 0 Å². The summed E-state index contributed by atoms with van der Waals surface area (Å²) in [6.45, 7) is 0.871. The first-order valence-electron chi connectivity index (χ1n) is 8.21. The van der Waals surface area contributed by atoms with Crippen LogP contribution < -0.4 is 4.90 Å². The smallest absolute Gasteiger partial charge is 0.258 e. The van der Waals surface area contributed by atoms with E-state index >= 15 is 0 Å². The third kappa shape index (κ3) is 3.44. The minimum atomic E-state index is -0.556. The van der Waals surface area contributed by atoms with Crippen molar-refractivity contribution >= 4 is 23.5 Å². The topological polar surface area (TPSA) is 84.0 Å². The molecule has 7 nitrogen and oxygen atoms in total. The summed E-state index contributed by atoms with van der Waals surface area (Å²) in [6, 6.07) is 11.0. The third-order valence-corrected chi connectivity index (χ3v) is 4.43. The Bertz CT molecular complexity index is 897. The lowest BCUT2D eigenvalue weighted by atomic mass is 10.1. The molecule has 0 spiro atoms. The highest BCUT2D eigenvalue weighted by Crippen LogP contribution is 2.21. The van der Waals surface area contributed by atoms with E-state index in [4.69, 9.17) is 16.3 Å². The van der Waals surface area contributed by atoms with Gasteiger partial charge in [0.25, 0.3) is 5.91 Å². The highest BCUT2D eigenvalue weighted by Gasteiger charge is 2.32. The van der Waals surface area contributed by atoms with E-state index in [0.717, 1.165) is 11.1 Å². The van der Waals surface area contributed by atoms with Crippen LogP contribution in [0.5, 0.6) is 0 Å². The Labute approximate surface area is 155 Å². The summed E-state index contributed by atoms with van der Waals surface area (Å²) in [5, 5.41) is 7.71. The van der Waals surface area contributed by atoms with Gasteiger partial charge in [0.1, 0.15) is 6.10 Å². The molecule has 1 amide bonds. The predicted molar refractivity (Wildman–Crippen MR) is 96.9 cm³/mol. The number of nitrogens with zero attached hydrogens (tertiary/aromatic N) is 4. The Kier molecular flexibility index (Phi) is 4.64. The number of benzene rings is 1. The maximum atomic E-state index is 12.8. The van der Waals surface area contributed by atoms with Gasteiger partial charge >= 0.3 is 0 Å². The van der Waals surface area contributed by atoms with Crippen LogP contribution in [0.25, 0.3) is 11.4 Å². The van der Waals surface area contributed by atoms with Gasteiger partial charge in [-0.15, -0.1) is 0 Å². The number of hydrogen-bond acceptors (Lipinski definition) is 5. The van der Waals surface area contributed by atoms with Crippen molar-refractivity contribution in [1.82, 2.24) is 20.2 Å². The molecule has 0 aliphatic carbocycles. The van der Waals surface area contributed by atoms with E-state index in [0.29, 0.717) is 36.4 Å². The van der Waals surface area contributed by atoms with Crippen LogP contribution in [-0.4, -0.2) is 45.3 Å². The van der Waals surface area contributed by atoms with E-state index in [2.05, 4.69) is 20.2 Å². The monoisotopic (exact) mass is 369 g/mol. The van der Waals surface area contributed by atoms with Crippen molar-refractivity contribution < 1.29 is 9.53 Å². The van der Waals surface area contributed by atoms with Crippen LogP contribution in [0.1, 0.15) is 5.56 Å². The lowest BCUT2D eigenvalue weighted by molar-refractivity contribution is -0.133. The molecule has 2 aromatic heterocycles. The van der Waals surface area contributed by atoms with E-state index in [1.54, 1.807) is 29.4 Å². The van der Waals surface area contributed by atoms with E-state index < -0.39 is 6.10 Å². The molecule has 0 radical (unpaired) electrons. The predicted octanol–water partition coefficient (Wildman–Crippen LogP) is 2.49. The lowest BCUT2D eigenvalue weighted by Crippen LogP contribution is -2.49. The summed E-state index contributed by atoms with van der Waals surface area (Å²) >= 11 is 5.91. The zero-order valence-electron chi connectivity index (χ0n) is 13.8. The molecule has 26 heavy (non-hydrogen) atoms. The van der Waals surface area contributed by atoms with Crippen LogP contribution in [0.4, 0.5) is 5.95 Å². The van der Waals surface area contributed by atoms with Crippen LogP contribution >= 0.6 is 11.6 Å². The summed E-state index contributed by atoms with van der Waals surface area (Å²) in [5.74, 6) is 0.811. The molecular weight excluding hydrogens is 354 g/mol. The van der Waals surface area contributed by atoms with Crippen LogP contribution in [-0.2, 0) is 16.0 Å². The van der Waals surface area contributed by atoms with Crippen LogP contribution in [0.3, 0.4) is 0 Å². The van der Waals surface area contributed by atoms with Crippen molar-refractivity contribution in [1.29, 1.82) is 0 Å². The lowest BCUT2D eigenvalue weighted by Gasteiger charge is -2.30. The van der Waals surface area contributed by atoms with E-state index in [9.17, 15) is 4.79 Å². The van der Waals surface area contributed by atoms with Gasteiger partial charge in [-0.1, -0.05) is 23.7 Å². The molecule has 1 aliphatic heterocycles. The Morgan fingerprint density at radius 1 is 1.19 bits per heavy atom. The largest absolute Gasteiger partial charge is 0.366 e. The van der Waals surface area contributed by atoms with Gasteiger partial charge in [-0.2, -0.15) is 10.1 Å². The second kappa shape index (κ2) is 7.23. The number of aromatic amines is 1. The average Bonchev–Trinajstić information content (AvgIpc) is 3.16. The Hall–Kier alpha value is -2.77. The van der Waals surface area contributed by atoms with E-state index in [-0.39, 0.29) is 5.91 Å². The van der Waals surface area contributed by atoms with Crippen molar-refractivity contribution in [2.24, 2.45) is 0 Å². The second-order valence-corrected chi connectivity index (χ2v) is 6.33. The highest BCUT2D eigenvalue weighted by molar-refractivity contribution is 6.30. The van der Waals surface area contributed by atoms with Gasteiger partial charge in [0, 0.05) is 29.4 Å². The van der Waals surface area contributed by atoms with Gasteiger partial charge in [0.15, 0.2) is 5.82 Å². The number of pyridine rings is 1. The van der Waals surface area contributed by atoms with Gasteiger partial charge in [0.05, 0.1) is 13.2 Å². The molecule has 1 N–H and O–H groups in total.